The van der Waals surface area contributed by atoms with Crippen molar-refractivity contribution in [1.29, 1.82) is 0 Å². The van der Waals surface area contributed by atoms with Crippen molar-refractivity contribution in [3.8, 4) is 11.5 Å². The normalized spacial score (nSPS) is 13.8. The molecule has 3 rings (SSSR count). The first-order valence-electron chi connectivity index (χ1n) is 7.88. The Hall–Kier alpha value is -1.67. The molecule has 29 heavy (non-hydrogen) atoms. The largest absolute Gasteiger partial charge is 0.508 e. The fourth-order valence-electron chi connectivity index (χ4n) is 3.18. The van der Waals surface area contributed by atoms with Crippen LogP contribution in [0.2, 0.25) is 20.1 Å². The quantitative estimate of drug-likeness (QED) is 0.311. The molecule has 0 aliphatic rings. The number of phenols is 2. The van der Waals surface area contributed by atoms with Gasteiger partial charge in [0, 0.05) is 20.6 Å². The van der Waals surface area contributed by atoms with E-state index in [2.05, 4.69) is 0 Å². The molecule has 0 saturated heterocycles. The van der Waals surface area contributed by atoms with Crippen molar-refractivity contribution in [1.82, 2.24) is 0 Å². The summed E-state index contributed by atoms with van der Waals surface area (Å²) in [5.74, 6) is -0.803. The third-order valence-electron chi connectivity index (χ3n) is 4.34. The number of hydrogen-bond acceptors (Lipinski definition) is 4. The van der Waals surface area contributed by atoms with Gasteiger partial charge in [-0.15, -0.1) is 0 Å². The summed E-state index contributed by atoms with van der Waals surface area (Å²) in [6.07, 6.45) is 0. The third-order valence-corrected chi connectivity index (χ3v) is 6.89. The molecule has 0 bridgehead atoms. The van der Waals surface area contributed by atoms with E-state index in [0.717, 1.165) is 18.2 Å². The SMILES string of the molecule is O=S(=O)(O)C(c1ccc(Cl)cc1)(c1cc(O)cc(Cl)c1)c1cc(O)c(Cl)cc1Cl. The van der Waals surface area contributed by atoms with Gasteiger partial charge in [-0.2, -0.15) is 8.42 Å². The fraction of sp³-hybridized carbons (Fsp3) is 0.0526. The Kier molecular flexibility index (Phi) is 5.98. The molecule has 3 aromatic carbocycles. The van der Waals surface area contributed by atoms with Crippen LogP contribution in [0.25, 0.3) is 0 Å². The summed E-state index contributed by atoms with van der Waals surface area (Å²) in [5.41, 5.74) is -0.279. The number of phenolic OH excluding ortho intramolecular Hbond substituents is 2. The average Bonchev–Trinajstić information content (AvgIpc) is 2.59. The van der Waals surface area contributed by atoms with Gasteiger partial charge in [-0.25, -0.2) is 0 Å². The van der Waals surface area contributed by atoms with Gasteiger partial charge in [0.25, 0.3) is 10.1 Å². The zero-order valence-corrected chi connectivity index (χ0v) is 18.1. The highest BCUT2D eigenvalue weighted by atomic mass is 35.5. The lowest BCUT2D eigenvalue weighted by atomic mass is 9.83. The predicted octanol–water partition coefficient (Wildman–Crippen LogP) is 5.89. The van der Waals surface area contributed by atoms with Crippen molar-refractivity contribution in [3.63, 3.8) is 0 Å². The van der Waals surface area contributed by atoms with Gasteiger partial charge in [-0.1, -0.05) is 58.5 Å². The second-order valence-electron chi connectivity index (χ2n) is 6.14. The summed E-state index contributed by atoms with van der Waals surface area (Å²) in [6.45, 7) is 0. The molecule has 0 aromatic heterocycles. The van der Waals surface area contributed by atoms with Crippen LogP contribution in [0.4, 0.5) is 0 Å². The van der Waals surface area contributed by atoms with Gasteiger partial charge in [0.2, 0.25) is 0 Å². The number of rotatable bonds is 4. The van der Waals surface area contributed by atoms with Gasteiger partial charge in [0.05, 0.1) is 5.02 Å². The molecule has 3 aromatic rings. The standard InChI is InChI=1S/C19H12Cl4O5S/c20-12-3-1-10(2-4-12)19(29(26,27)28,11-5-13(21)7-14(24)6-11)15-8-18(25)17(23)9-16(15)22/h1-9,24-25H,(H,26,27,28). The van der Waals surface area contributed by atoms with Crippen LogP contribution in [-0.2, 0) is 14.9 Å². The molecule has 5 nitrogen and oxygen atoms in total. The lowest BCUT2D eigenvalue weighted by molar-refractivity contribution is 0.455. The smallest absolute Gasteiger partial charge is 0.283 e. The number of aromatic hydroxyl groups is 2. The first-order valence-corrected chi connectivity index (χ1v) is 10.8. The maximum Gasteiger partial charge on any atom is 0.283 e. The fourth-order valence-corrected chi connectivity index (χ4v) is 5.42. The van der Waals surface area contributed by atoms with Crippen molar-refractivity contribution in [2.45, 2.75) is 4.75 Å². The van der Waals surface area contributed by atoms with Gasteiger partial charge in [0.1, 0.15) is 11.5 Å². The molecule has 0 aliphatic heterocycles. The minimum atomic E-state index is -5.04. The van der Waals surface area contributed by atoms with Crippen LogP contribution in [0.1, 0.15) is 16.7 Å². The van der Waals surface area contributed by atoms with Crippen LogP contribution >= 0.6 is 46.4 Å². The summed E-state index contributed by atoms with van der Waals surface area (Å²) in [7, 11) is -5.04. The van der Waals surface area contributed by atoms with E-state index in [-0.39, 0.29) is 37.5 Å². The summed E-state index contributed by atoms with van der Waals surface area (Å²) in [5, 5.41) is 20.2. The molecule has 1 unspecified atom stereocenters. The minimum absolute atomic E-state index is 0.0105. The Bertz CT molecular complexity index is 1180. The molecule has 0 spiro atoms. The first-order chi connectivity index (χ1) is 13.5. The minimum Gasteiger partial charge on any atom is -0.508 e. The van der Waals surface area contributed by atoms with Crippen LogP contribution in [0, 0.1) is 0 Å². The summed E-state index contributed by atoms with van der Waals surface area (Å²) >= 11 is 24.2. The molecule has 1 atom stereocenters. The van der Waals surface area contributed by atoms with E-state index in [0.29, 0.717) is 5.02 Å². The number of benzene rings is 3. The monoisotopic (exact) mass is 492 g/mol. The van der Waals surface area contributed by atoms with Crippen LogP contribution in [0.15, 0.2) is 54.6 Å². The van der Waals surface area contributed by atoms with Gasteiger partial charge < -0.3 is 10.2 Å². The molecular formula is C19H12Cl4O5S. The average molecular weight is 494 g/mol. The summed E-state index contributed by atoms with van der Waals surface area (Å²) in [6, 6.07) is 11.3. The second kappa shape index (κ2) is 7.87. The van der Waals surface area contributed by atoms with E-state index in [1.54, 1.807) is 0 Å². The molecule has 0 amide bonds. The highest BCUT2D eigenvalue weighted by molar-refractivity contribution is 7.87. The van der Waals surface area contributed by atoms with Crippen molar-refractivity contribution in [3.05, 3.63) is 91.4 Å². The molecule has 152 valence electrons. The van der Waals surface area contributed by atoms with Crippen molar-refractivity contribution < 1.29 is 23.2 Å². The van der Waals surface area contributed by atoms with E-state index < -0.39 is 20.6 Å². The van der Waals surface area contributed by atoms with Crippen LogP contribution in [-0.4, -0.2) is 23.2 Å². The zero-order valence-electron chi connectivity index (χ0n) is 14.3. The Labute approximate surface area is 186 Å². The van der Waals surface area contributed by atoms with Crippen molar-refractivity contribution >= 4 is 56.5 Å². The number of hydrogen-bond donors (Lipinski definition) is 3. The van der Waals surface area contributed by atoms with E-state index in [1.165, 1.54) is 36.4 Å². The second-order valence-corrected chi connectivity index (χ2v) is 9.39. The lowest BCUT2D eigenvalue weighted by Gasteiger charge is -2.33. The van der Waals surface area contributed by atoms with Gasteiger partial charge in [-0.05, 0) is 53.6 Å². The van der Waals surface area contributed by atoms with E-state index in [4.69, 9.17) is 46.4 Å². The highest BCUT2D eigenvalue weighted by Gasteiger charge is 2.50. The van der Waals surface area contributed by atoms with Gasteiger partial charge >= 0.3 is 0 Å². The first kappa shape index (κ1) is 22.0. The molecule has 0 heterocycles. The van der Waals surface area contributed by atoms with E-state index in [9.17, 15) is 23.2 Å². The Morgan fingerprint density at radius 2 is 1.34 bits per heavy atom. The molecule has 10 heteroatoms. The van der Waals surface area contributed by atoms with Gasteiger partial charge in [0.15, 0.2) is 4.75 Å². The van der Waals surface area contributed by atoms with Crippen molar-refractivity contribution in [2.75, 3.05) is 0 Å². The molecule has 0 radical (unpaired) electrons. The maximum absolute atomic E-state index is 12.9. The maximum atomic E-state index is 12.9. The van der Waals surface area contributed by atoms with E-state index >= 15 is 0 Å². The number of halogens is 4. The van der Waals surface area contributed by atoms with Crippen LogP contribution < -0.4 is 0 Å². The zero-order chi connectivity index (χ0) is 21.6. The Balaban J connectivity index is 2.58. The highest BCUT2D eigenvalue weighted by Crippen LogP contribution is 2.49. The summed E-state index contributed by atoms with van der Waals surface area (Å²) < 4.78 is 34.0. The molecule has 0 fully saturated rings. The molecule has 0 aliphatic carbocycles. The topological polar surface area (TPSA) is 94.8 Å². The molecular weight excluding hydrogens is 482 g/mol. The predicted molar refractivity (Wildman–Crippen MR) is 114 cm³/mol. The molecule has 0 saturated carbocycles. The van der Waals surface area contributed by atoms with Crippen LogP contribution in [0.3, 0.4) is 0 Å². The summed E-state index contributed by atoms with van der Waals surface area (Å²) in [4.78, 5) is 0. The Morgan fingerprint density at radius 1 is 0.724 bits per heavy atom. The van der Waals surface area contributed by atoms with E-state index in [1.807, 2.05) is 0 Å². The Morgan fingerprint density at radius 3 is 1.90 bits per heavy atom. The van der Waals surface area contributed by atoms with Gasteiger partial charge in [-0.3, -0.25) is 4.55 Å². The van der Waals surface area contributed by atoms with Crippen LogP contribution in [0.5, 0.6) is 11.5 Å². The third kappa shape index (κ3) is 3.89. The lowest BCUT2D eigenvalue weighted by Crippen LogP contribution is -2.38. The van der Waals surface area contributed by atoms with Crippen molar-refractivity contribution in [2.24, 2.45) is 0 Å². The molecule has 3 N–H and O–H groups in total.